The number of para-hydroxylation sites is 1. The molecule has 1 nitrogen and oxygen atoms in total. The van der Waals surface area contributed by atoms with Gasteiger partial charge in [0.05, 0.1) is 0 Å². The summed E-state index contributed by atoms with van der Waals surface area (Å²) in [6.07, 6.45) is 7.88. The highest BCUT2D eigenvalue weighted by atomic mass is 14.9. The Morgan fingerprint density at radius 3 is 2.67 bits per heavy atom. The lowest BCUT2D eigenvalue weighted by atomic mass is 10.2. The van der Waals surface area contributed by atoms with Gasteiger partial charge in [-0.25, -0.2) is 0 Å². The Morgan fingerprint density at radius 2 is 2.00 bits per heavy atom. The number of aryl methyl sites for hydroxylation is 1. The summed E-state index contributed by atoms with van der Waals surface area (Å²) in [6, 6.07) is 8.16. The van der Waals surface area contributed by atoms with E-state index in [0.29, 0.717) is 0 Å². The second-order valence-electron chi connectivity index (χ2n) is 3.35. The zero-order valence-corrected chi connectivity index (χ0v) is 9.33. The van der Waals surface area contributed by atoms with Gasteiger partial charge in [-0.3, -0.25) is 0 Å². The van der Waals surface area contributed by atoms with Crippen LogP contribution in [-0.4, -0.2) is 0 Å². The highest BCUT2D eigenvalue weighted by Gasteiger charge is 1.94. The highest BCUT2D eigenvalue weighted by molar-refractivity contribution is 5.55. The fraction of sp³-hybridized carbons (Fsp3) is 0.143. The minimum absolute atomic E-state index is 0.891. The molecule has 0 amide bonds. The summed E-state index contributed by atoms with van der Waals surface area (Å²) in [7, 11) is 0. The van der Waals surface area contributed by atoms with Crippen molar-refractivity contribution in [3.63, 3.8) is 0 Å². The molecule has 0 aromatic heterocycles. The zero-order chi connectivity index (χ0) is 11.1. The third-order valence-electron chi connectivity index (χ3n) is 2.04. The van der Waals surface area contributed by atoms with Crippen molar-refractivity contribution in [1.29, 1.82) is 0 Å². The highest BCUT2D eigenvalue weighted by Crippen LogP contribution is 2.15. The number of allylic oxidation sites excluding steroid dienone is 4. The van der Waals surface area contributed by atoms with Gasteiger partial charge in [0.15, 0.2) is 0 Å². The molecule has 0 unspecified atom stereocenters. The van der Waals surface area contributed by atoms with Crippen LogP contribution in [0.1, 0.15) is 12.5 Å². The molecule has 1 aromatic rings. The van der Waals surface area contributed by atoms with Gasteiger partial charge >= 0.3 is 0 Å². The molecular weight excluding hydrogens is 182 g/mol. The molecule has 1 rings (SSSR count). The normalized spacial score (nSPS) is 11.1. The number of anilines is 1. The molecule has 0 aliphatic carbocycles. The fourth-order valence-electron chi connectivity index (χ4n) is 1.21. The molecule has 1 heteroatoms. The van der Waals surface area contributed by atoms with Gasteiger partial charge in [-0.2, -0.15) is 0 Å². The first-order chi connectivity index (χ1) is 7.24. The molecule has 0 aliphatic rings. The van der Waals surface area contributed by atoms with Crippen molar-refractivity contribution in [3.8, 4) is 0 Å². The lowest BCUT2D eigenvalue weighted by Crippen LogP contribution is -1.96. The molecular formula is C14H17N. The Morgan fingerprint density at radius 1 is 1.27 bits per heavy atom. The average molecular weight is 199 g/mol. The maximum Gasteiger partial charge on any atom is 0.0413 e. The minimum atomic E-state index is 0.891. The van der Waals surface area contributed by atoms with Crippen LogP contribution in [-0.2, 0) is 0 Å². The van der Waals surface area contributed by atoms with Gasteiger partial charge in [-0.15, -0.1) is 0 Å². The molecule has 0 aliphatic heterocycles. The van der Waals surface area contributed by atoms with E-state index in [1.165, 1.54) is 5.56 Å². The lowest BCUT2D eigenvalue weighted by molar-refractivity contribution is 1.40. The van der Waals surface area contributed by atoms with Crippen LogP contribution >= 0.6 is 0 Å². The summed E-state index contributed by atoms with van der Waals surface area (Å²) in [5.41, 5.74) is 3.22. The predicted octanol–water partition coefficient (Wildman–Crippen LogP) is 4.05. The van der Waals surface area contributed by atoms with Crippen molar-refractivity contribution in [2.75, 3.05) is 5.32 Å². The average Bonchev–Trinajstić information content (AvgIpc) is 2.22. The number of rotatable bonds is 4. The smallest absolute Gasteiger partial charge is 0.0413 e. The largest absolute Gasteiger partial charge is 0.356 e. The van der Waals surface area contributed by atoms with Gasteiger partial charge < -0.3 is 5.32 Å². The molecule has 1 N–H and O–H groups in total. The van der Waals surface area contributed by atoms with Gasteiger partial charge in [0.2, 0.25) is 0 Å². The first-order valence-corrected chi connectivity index (χ1v) is 5.05. The molecule has 0 saturated carbocycles. The van der Waals surface area contributed by atoms with E-state index in [9.17, 15) is 0 Å². The second-order valence-corrected chi connectivity index (χ2v) is 3.35. The van der Waals surface area contributed by atoms with Gasteiger partial charge in [0, 0.05) is 11.4 Å². The SMILES string of the molecule is C=C(/C=C\C=C/C)Nc1ccccc1C. The number of hydrogen-bond donors (Lipinski definition) is 1. The van der Waals surface area contributed by atoms with E-state index in [2.05, 4.69) is 24.9 Å². The molecule has 0 saturated heterocycles. The molecule has 0 atom stereocenters. The minimum Gasteiger partial charge on any atom is -0.356 e. The summed E-state index contributed by atoms with van der Waals surface area (Å²) in [5, 5.41) is 3.25. The van der Waals surface area contributed by atoms with Crippen LogP contribution in [0.5, 0.6) is 0 Å². The van der Waals surface area contributed by atoms with Crippen LogP contribution in [0.15, 0.2) is 60.8 Å². The first-order valence-electron chi connectivity index (χ1n) is 5.05. The third-order valence-corrected chi connectivity index (χ3v) is 2.04. The first kappa shape index (κ1) is 11.3. The maximum absolute atomic E-state index is 3.93. The van der Waals surface area contributed by atoms with Gasteiger partial charge in [-0.1, -0.05) is 43.0 Å². The predicted molar refractivity (Wildman–Crippen MR) is 67.9 cm³/mol. The zero-order valence-electron chi connectivity index (χ0n) is 9.33. The van der Waals surface area contributed by atoms with Crippen molar-refractivity contribution in [2.45, 2.75) is 13.8 Å². The second kappa shape index (κ2) is 5.86. The molecule has 0 heterocycles. The Hall–Kier alpha value is -1.76. The Balaban J connectivity index is 2.63. The molecule has 78 valence electrons. The molecule has 1 aromatic carbocycles. The van der Waals surface area contributed by atoms with Crippen LogP contribution in [0.2, 0.25) is 0 Å². The monoisotopic (exact) mass is 199 g/mol. The molecule has 0 bridgehead atoms. The summed E-state index contributed by atoms with van der Waals surface area (Å²) >= 11 is 0. The Labute approximate surface area is 91.8 Å². The van der Waals surface area contributed by atoms with E-state index in [-0.39, 0.29) is 0 Å². The van der Waals surface area contributed by atoms with Crippen molar-refractivity contribution >= 4 is 5.69 Å². The van der Waals surface area contributed by atoms with E-state index < -0.39 is 0 Å². The fourth-order valence-corrected chi connectivity index (χ4v) is 1.21. The van der Waals surface area contributed by atoms with Gasteiger partial charge in [-0.05, 0) is 31.6 Å². The quantitative estimate of drug-likeness (QED) is 0.721. The molecule has 0 radical (unpaired) electrons. The third kappa shape index (κ3) is 3.86. The van der Waals surface area contributed by atoms with Crippen LogP contribution in [0, 0.1) is 6.92 Å². The van der Waals surface area contributed by atoms with Crippen LogP contribution < -0.4 is 5.32 Å². The Kier molecular flexibility index (Phi) is 4.42. The van der Waals surface area contributed by atoms with Crippen LogP contribution in [0.4, 0.5) is 5.69 Å². The number of hydrogen-bond acceptors (Lipinski definition) is 1. The maximum atomic E-state index is 3.93. The topological polar surface area (TPSA) is 12.0 Å². The van der Waals surface area contributed by atoms with Crippen molar-refractivity contribution in [1.82, 2.24) is 0 Å². The molecule has 0 fully saturated rings. The Bertz CT molecular complexity index is 386. The van der Waals surface area contributed by atoms with E-state index >= 15 is 0 Å². The van der Waals surface area contributed by atoms with Gasteiger partial charge in [0.25, 0.3) is 0 Å². The van der Waals surface area contributed by atoms with E-state index in [4.69, 9.17) is 0 Å². The summed E-state index contributed by atoms with van der Waals surface area (Å²) < 4.78 is 0. The van der Waals surface area contributed by atoms with Crippen molar-refractivity contribution in [3.05, 3.63) is 66.4 Å². The molecule has 0 spiro atoms. The van der Waals surface area contributed by atoms with Crippen LogP contribution in [0.25, 0.3) is 0 Å². The van der Waals surface area contributed by atoms with E-state index in [1.807, 2.05) is 49.4 Å². The van der Waals surface area contributed by atoms with Crippen LogP contribution in [0.3, 0.4) is 0 Å². The lowest BCUT2D eigenvalue weighted by Gasteiger charge is -2.08. The standard InChI is InChI=1S/C14H17N/c1-4-5-6-10-13(3)15-14-11-8-7-9-12(14)2/h4-11,15H,3H2,1-2H3/b5-4-,10-6-. The summed E-state index contributed by atoms with van der Waals surface area (Å²) in [4.78, 5) is 0. The van der Waals surface area contributed by atoms with Gasteiger partial charge in [0.1, 0.15) is 0 Å². The van der Waals surface area contributed by atoms with Crippen molar-refractivity contribution in [2.24, 2.45) is 0 Å². The van der Waals surface area contributed by atoms with E-state index in [0.717, 1.165) is 11.4 Å². The summed E-state index contributed by atoms with van der Waals surface area (Å²) in [5.74, 6) is 0. The summed E-state index contributed by atoms with van der Waals surface area (Å²) in [6.45, 7) is 7.99. The van der Waals surface area contributed by atoms with Crippen molar-refractivity contribution < 1.29 is 0 Å². The number of nitrogens with one attached hydrogen (secondary N) is 1. The number of benzene rings is 1. The molecule has 15 heavy (non-hydrogen) atoms. The van der Waals surface area contributed by atoms with E-state index in [1.54, 1.807) is 0 Å².